The zero-order valence-electron chi connectivity index (χ0n) is 12.0. The molecule has 2 aromatic rings. The van der Waals surface area contributed by atoms with Crippen LogP contribution in [0.2, 0.25) is 5.02 Å². The summed E-state index contributed by atoms with van der Waals surface area (Å²) in [6.45, 7) is 0.328. The Balaban J connectivity index is 2.46. The van der Waals surface area contributed by atoms with E-state index in [-0.39, 0.29) is 22.2 Å². The van der Waals surface area contributed by atoms with E-state index >= 15 is 0 Å². The monoisotopic (exact) mass is 382 g/mol. The summed E-state index contributed by atoms with van der Waals surface area (Å²) in [5.41, 5.74) is -1.15. The van der Waals surface area contributed by atoms with Crippen molar-refractivity contribution in [1.82, 2.24) is 9.78 Å². The normalized spacial score (nSPS) is 11.5. The summed E-state index contributed by atoms with van der Waals surface area (Å²) in [6, 6.07) is 2.68. The van der Waals surface area contributed by atoms with Crippen molar-refractivity contribution in [1.29, 1.82) is 0 Å². The summed E-state index contributed by atoms with van der Waals surface area (Å²) in [7, 11) is 0. The van der Waals surface area contributed by atoms with E-state index in [0.29, 0.717) is 18.8 Å². The molecule has 0 saturated heterocycles. The molecule has 24 heavy (non-hydrogen) atoms. The Morgan fingerprint density at radius 2 is 2.08 bits per heavy atom. The molecule has 0 aliphatic rings. The first-order valence-corrected chi connectivity index (χ1v) is 7.56. The molecular formula is C13H11Cl2F3N4O2. The molecule has 0 atom stereocenters. The van der Waals surface area contributed by atoms with Gasteiger partial charge in [-0.05, 0) is 24.6 Å². The Hall–Kier alpha value is -2.00. The molecule has 0 radical (unpaired) electrons. The van der Waals surface area contributed by atoms with Gasteiger partial charge in [-0.25, -0.2) is 4.68 Å². The Kier molecular flexibility index (Phi) is 5.55. The molecule has 0 unspecified atom stereocenters. The maximum Gasteiger partial charge on any atom is 0.416 e. The summed E-state index contributed by atoms with van der Waals surface area (Å²) in [4.78, 5) is 10.4. The van der Waals surface area contributed by atoms with Crippen LogP contribution in [0.5, 0.6) is 0 Å². The van der Waals surface area contributed by atoms with E-state index < -0.39 is 16.7 Å². The molecule has 130 valence electrons. The van der Waals surface area contributed by atoms with Crippen LogP contribution in [0.3, 0.4) is 0 Å². The molecule has 0 amide bonds. The molecular weight excluding hydrogens is 372 g/mol. The first-order valence-electron chi connectivity index (χ1n) is 6.65. The second-order valence-electron chi connectivity index (χ2n) is 4.68. The van der Waals surface area contributed by atoms with E-state index in [1.165, 1.54) is 0 Å². The van der Waals surface area contributed by atoms with E-state index in [4.69, 9.17) is 23.2 Å². The number of rotatable bonds is 6. The lowest BCUT2D eigenvalue weighted by Gasteiger charge is -2.12. The van der Waals surface area contributed by atoms with Gasteiger partial charge in [-0.2, -0.15) is 18.3 Å². The van der Waals surface area contributed by atoms with Crippen LogP contribution in [0.15, 0.2) is 24.4 Å². The maximum absolute atomic E-state index is 12.7. The third-order valence-electron chi connectivity index (χ3n) is 3.05. The number of hydrogen-bond donors (Lipinski definition) is 1. The first-order chi connectivity index (χ1) is 11.3. The molecule has 0 aliphatic carbocycles. The fourth-order valence-corrected chi connectivity index (χ4v) is 2.34. The molecule has 0 saturated carbocycles. The minimum atomic E-state index is -4.54. The van der Waals surface area contributed by atoms with Crippen molar-refractivity contribution < 1.29 is 18.1 Å². The van der Waals surface area contributed by atoms with Crippen LogP contribution in [-0.2, 0) is 6.18 Å². The smallest absolute Gasteiger partial charge is 0.364 e. The molecule has 1 N–H and O–H groups in total. The molecule has 0 aliphatic heterocycles. The Bertz CT molecular complexity index is 749. The van der Waals surface area contributed by atoms with Crippen LogP contribution < -0.4 is 5.32 Å². The maximum atomic E-state index is 12.7. The Labute approximate surface area is 144 Å². The Morgan fingerprint density at radius 3 is 2.62 bits per heavy atom. The van der Waals surface area contributed by atoms with Crippen molar-refractivity contribution in [2.45, 2.75) is 12.6 Å². The van der Waals surface area contributed by atoms with Gasteiger partial charge in [-0.3, -0.25) is 10.1 Å². The van der Waals surface area contributed by atoms with Crippen LogP contribution in [0.4, 0.5) is 24.7 Å². The van der Waals surface area contributed by atoms with E-state index in [9.17, 15) is 23.3 Å². The summed E-state index contributed by atoms with van der Waals surface area (Å²) in [6.07, 6.45) is -3.01. The number of nitro groups is 1. The number of halogens is 5. The SMILES string of the molecule is O=[N+]([O-])c1cnn(-c2ccc(C(F)(F)F)cc2Cl)c1NCCCCl. The van der Waals surface area contributed by atoms with Gasteiger partial charge in [0.2, 0.25) is 5.82 Å². The number of hydrogen-bond acceptors (Lipinski definition) is 4. The lowest BCUT2D eigenvalue weighted by molar-refractivity contribution is -0.384. The minimum Gasteiger partial charge on any atom is -0.364 e. The molecule has 0 fully saturated rings. The van der Waals surface area contributed by atoms with Crippen molar-refractivity contribution in [2.24, 2.45) is 0 Å². The summed E-state index contributed by atoms with van der Waals surface area (Å²) in [5.74, 6) is 0.363. The van der Waals surface area contributed by atoms with E-state index in [2.05, 4.69) is 10.4 Å². The summed E-state index contributed by atoms with van der Waals surface area (Å²) >= 11 is 11.5. The van der Waals surface area contributed by atoms with Crippen LogP contribution >= 0.6 is 23.2 Å². The predicted octanol–water partition coefficient (Wildman–Crippen LogP) is 4.49. The highest BCUT2D eigenvalue weighted by Gasteiger charge is 2.31. The predicted molar refractivity (Wildman–Crippen MR) is 84.1 cm³/mol. The molecule has 6 nitrogen and oxygen atoms in total. The number of benzene rings is 1. The highest BCUT2D eigenvalue weighted by molar-refractivity contribution is 6.32. The van der Waals surface area contributed by atoms with Crippen LogP contribution in [0.1, 0.15) is 12.0 Å². The second kappa shape index (κ2) is 7.27. The van der Waals surface area contributed by atoms with Crippen molar-refractivity contribution >= 4 is 34.7 Å². The molecule has 0 spiro atoms. The highest BCUT2D eigenvalue weighted by atomic mass is 35.5. The zero-order valence-corrected chi connectivity index (χ0v) is 13.5. The summed E-state index contributed by atoms with van der Waals surface area (Å²) in [5, 5.41) is 17.5. The largest absolute Gasteiger partial charge is 0.416 e. The van der Waals surface area contributed by atoms with Crippen LogP contribution in [-0.4, -0.2) is 27.1 Å². The highest BCUT2D eigenvalue weighted by Crippen LogP contribution is 2.35. The van der Waals surface area contributed by atoms with Gasteiger partial charge in [-0.1, -0.05) is 11.6 Å². The lowest BCUT2D eigenvalue weighted by atomic mass is 10.2. The van der Waals surface area contributed by atoms with E-state index in [1.54, 1.807) is 0 Å². The van der Waals surface area contributed by atoms with Gasteiger partial charge in [0.05, 0.1) is 21.2 Å². The molecule has 1 heterocycles. The Morgan fingerprint density at radius 1 is 1.38 bits per heavy atom. The first kappa shape index (κ1) is 18.3. The van der Waals surface area contributed by atoms with Gasteiger partial charge in [0, 0.05) is 12.4 Å². The van der Waals surface area contributed by atoms with Crippen molar-refractivity contribution in [3.05, 3.63) is 45.1 Å². The van der Waals surface area contributed by atoms with Crippen molar-refractivity contribution in [3.63, 3.8) is 0 Å². The average molecular weight is 383 g/mol. The van der Waals surface area contributed by atoms with Gasteiger partial charge in [0.1, 0.15) is 6.20 Å². The van der Waals surface area contributed by atoms with Gasteiger partial charge in [0.25, 0.3) is 0 Å². The molecule has 11 heteroatoms. The van der Waals surface area contributed by atoms with Gasteiger partial charge in [-0.15, -0.1) is 11.6 Å². The third-order valence-corrected chi connectivity index (χ3v) is 3.62. The fourth-order valence-electron chi connectivity index (χ4n) is 1.95. The van der Waals surface area contributed by atoms with E-state index in [0.717, 1.165) is 29.1 Å². The van der Waals surface area contributed by atoms with Crippen LogP contribution in [0, 0.1) is 10.1 Å². The van der Waals surface area contributed by atoms with Gasteiger partial charge >= 0.3 is 11.9 Å². The number of aromatic nitrogens is 2. The third kappa shape index (κ3) is 3.90. The average Bonchev–Trinajstić information content (AvgIpc) is 2.90. The topological polar surface area (TPSA) is 73.0 Å². The molecule has 0 bridgehead atoms. The number of nitrogens with zero attached hydrogens (tertiary/aromatic N) is 3. The summed E-state index contributed by atoms with van der Waals surface area (Å²) < 4.78 is 39.2. The van der Waals surface area contributed by atoms with Gasteiger partial charge in [0.15, 0.2) is 0 Å². The van der Waals surface area contributed by atoms with Crippen molar-refractivity contribution in [3.8, 4) is 5.69 Å². The second-order valence-corrected chi connectivity index (χ2v) is 5.47. The minimum absolute atomic E-state index is 0.0202. The fraction of sp³-hybridized carbons (Fsp3) is 0.308. The zero-order chi connectivity index (χ0) is 17.9. The van der Waals surface area contributed by atoms with Crippen molar-refractivity contribution in [2.75, 3.05) is 17.7 Å². The number of alkyl halides is 4. The van der Waals surface area contributed by atoms with Gasteiger partial charge < -0.3 is 5.32 Å². The molecule has 2 rings (SSSR count). The number of nitrogens with one attached hydrogen (secondary N) is 1. The lowest BCUT2D eigenvalue weighted by Crippen LogP contribution is -2.11. The molecule has 1 aromatic heterocycles. The standard InChI is InChI=1S/C13H11Cl2F3N4O2/c14-4-1-5-19-12-11(22(23)24)7-20-21(12)10-3-2-8(6-9(10)15)13(16,17)18/h2-3,6-7,19H,1,4-5H2. The number of anilines is 1. The quantitative estimate of drug-likeness (QED) is 0.345. The van der Waals surface area contributed by atoms with Crippen LogP contribution in [0.25, 0.3) is 5.69 Å². The van der Waals surface area contributed by atoms with E-state index in [1.807, 2.05) is 0 Å². The molecule has 1 aromatic carbocycles.